The molecule has 6 nitrogen and oxygen atoms in total. The number of hydrogen-bond donors (Lipinski definition) is 2. The Morgan fingerprint density at radius 2 is 1.50 bits per heavy atom. The van der Waals surface area contributed by atoms with Gasteiger partial charge in [-0.3, -0.25) is 0 Å². The van der Waals surface area contributed by atoms with Crippen molar-refractivity contribution >= 4 is 73.9 Å². The van der Waals surface area contributed by atoms with Crippen LogP contribution in [0.5, 0.6) is 0 Å². The van der Waals surface area contributed by atoms with Crippen molar-refractivity contribution in [2.24, 2.45) is 0 Å². The minimum absolute atomic E-state index is 0.0227. The molecule has 0 bridgehead atoms. The largest absolute Gasteiger partial charge is 0.382 e. The highest BCUT2D eigenvalue weighted by Gasteiger charge is 2.05. The number of nitrogens with zero attached hydrogens (tertiary/aromatic N) is 4. The van der Waals surface area contributed by atoms with Gasteiger partial charge in [0.05, 0.1) is 15.4 Å². The predicted octanol–water partition coefficient (Wildman–Crippen LogP) is 5.45. The van der Waals surface area contributed by atoms with Gasteiger partial charge in [-0.25, -0.2) is 0 Å². The summed E-state index contributed by atoms with van der Waals surface area (Å²) in [6.45, 7) is 0. The number of hydrogen-bond acceptors (Lipinski definition) is 7. The van der Waals surface area contributed by atoms with E-state index in [9.17, 15) is 0 Å². The topological polar surface area (TPSA) is 89.6 Å². The molecule has 0 aliphatic heterocycles. The van der Waals surface area contributed by atoms with Gasteiger partial charge in [0, 0.05) is 5.39 Å². The Hall–Kier alpha value is -2.19. The SMILES string of the molecule is Clc1nc(Cl)nc(Nc2ccccc2Cl)n1.Nc1nsc2ccccc12. The van der Waals surface area contributed by atoms with E-state index in [1.165, 1.54) is 11.5 Å². The first-order valence-corrected chi connectivity index (χ1v) is 9.12. The molecule has 0 unspecified atom stereocenters. The first-order chi connectivity index (χ1) is 12.5. The average molecular weight is 426 g/mol. The van der Waals surface area contributed by atoms with Crippen LogP contribution < -0.4 is 11.1 Å². The van der Waals surface area contributed by atoms with Crippen LogP contribution in [0.25, 0.3) is 10.1 Å². The second-order valence-electron chi connectivity index (χ2n) is 4.87. The van der Waals surface area contributed by atoms with Crippen molar-refractivity contribution in [3.05, 3.63) is 64.1 Å². The van der Waals surface area contributed by atoms with E-state index in [2.05, 4.69) is 24.6 Å². The first-order valence-electron chi connectivity index (χ1n) is 7.21. The summed E-state index contributed by atoms with van der Waals surface area (Å²) in [5, 5.41) is 4.55. The number of nitrogen functional groups attached to an aromatic ring is 1. The molecular formula is C16H11Cl3N6S. The summed E-state index contributed by atoms with van der Waals surface area (Å²) in [5.74, 6) is 0.888. The lowest BCUT2D eigenvalue weighted by molar-refractivity contribution is 1.05. The van der Waals surface area contributed by atoms with Gasteiger partial charge in [-0.1, -0.05) is 35.9 Å². The van der Waals surface area contributed by atoms with Gasteiger partial charge >= 0.3 is 0 Å². The fourth-order valence-electron chi connectivity index (χ4n) is 1.97. The number of para-hydroxylation sites is 1. The summed E-state index contributed by atoms with van der Waals surface area (Å²) in [6, 6.07) is 15.1. The van der Waals surface area contributed by atoms with Crippen LogP contribution in [0.1, 0.15) is 0 Å². The van der Waals surface area contributed by atoms with Crippen LogP contribution in [-0.4, -0.2) is 19.3 Å². The molecule has 0 amide bonds. The summed E-state index contributed by atoms with van der Waals surface area (Å²) >= 11 is 18.7. The highest BCUT2D eigenvalue weighted by molar-refractivity contribution is 7.13. The van der Waals surface area contributed by atoms with Crippen molar-refractivity contribution in [1.29, 1.82) is 0 Å². The van der Waals surface area contributed by atoms with E-state index in [1.807, 2.05) is 36.4 Å². The van der Waals surface area contributed by atoms with Crippen LogP contribution in [0.2, 0.25) is 15.6 Å². The normalized spacial score (nSPS) is 10.3. The zero-order valence-electron chi connectivity index (χ0n) is 13.0. The van der Waals surface area contributed by atoms with E-state index in [-0.39, 0.29) is 16.5 Å². The summed E-state index contributed by atoms with van der Waals surface area (Å²) < 4.78 is 5.17. The average Bonchev–Trinajstić information content (AvgIpc) is 2.98. The Kier molecular flexibility index (Phi) is 6.05. The molecule has 0 aliphatic rings. The van der Waals surface area contributed by atoms with Crippen LogP contribution in [0.3, 0.4) is 0 Å². The third-order valence-corrected chi connectivity index (χ3v) is 4.61. The fraction of sp³-hybridized carbons (Fsp3) is 0. The number of anilines is 3. The zero-order valence-corrected chi connectivity index (χ0v) is 16.1. The van der Waals surface area contributed by atoms with Gasteiger partial charge in [0.2, 0.25) is 16.5 Å². The lowest BCUT2D eigenvalue weighted by Crippen LogP contribution is -1.99. The van der Waals surface area contributed by atoms with E-state index in [0.29, 0.717) is 16.5 Å². The van der Waals surface area contributed by atoms with Gasteiger partial charge < -0.3 is 11.1 Å². The van der Waals surface area contributed by atoms with Crippen molar-refractivity contribution in [1.82, 2.24) is 19.3 Å². The van der Waals surface area contributed by atoms with Crippen molar-refractivity contribution in [3.63, 3.8) is 0 Å². The van der Waals surface area contributed by atoms with Crippen molar-refractivity contribution in [3.8, 4) is 0 Å². The van der Waals surface area contributed by atoms with Gasteiger partial charge in [-0.05, 0) is 59.0 Å². The summed E-state index contributed by atoms with van der Waals surface area (Å²) in [5.41, 5.74) is 6.24. The van der Waals surface area contributed by atoms with E-state index in [1.54, 1.807) is 12.1 Å². The molecule has 10 heteroatoms. The minimum Gasteiger partial charge on any atom is -0.382 e. The molecule has 2 aromatic heterocycles. The van der Waals surface area contributed by atoms with Gasteiger partial charge in [-0.2, -0.15) is 19.3 Å². The molecule has 0 spiro atoms. The molecule has 26 heavy (non-hydrogen) atoms. The predicted molar refractivity (Wildman–Crippen MR) is 109 cm³/mol. The minimum atomic E-state index is 0.0227. The smallest absolute Gasteiger partial charge is 0.232 e. The number of halogens is 3. The van der Waals surface area contributed by atoms with E-state index >= 15 is 0 Å². The maximum Gasteiger partial charge on any atom is 0.232 e. The van der Waals surface area contributed by atoms with Crippen molar-refractivity contribution in [2.45, 2.75) is 0 Å². The third kappa shape index (κ3) is 4.70. The molecule has 0 fully saturated rings. The molecule has 0 saturated heterocycles. The Bertz CT molecular complexity index is 1020. The maximum absolute atomic E-state index is 5.95. The molecule has 2 aromatic carbocycles. The molecule has 0 saturated carbocycles. The van der Waals surface area contributed by atoms with Gasteiger partial charge in [0.15, 0.2) is 0 Å². The monoisotopic (exact) mass is 424 g/mol. The summed E-state index contributed by atoms with van der Waals surface area (Å²) in [7, 11) is 0. The molecule has 0 radical (unpaired) electrons. The van der Waals surface area contributed by atoms with Crippen molar-refractivity contribution < 1.29 is 0 Å². The Balaban J connectivity index is 0.000000167. The molecule has 4 rings (SSSR count). The number of aromatic nitrogens is 4. The van der Waals surface area contributed by atoms with E-state index < -0.39 is 0 Å². The zero-order chi connectivity index (χ0) is 18.5. The summed E-state index contributed by atoms with van der Waals surface area (Å²) in [6.07, 6.45) is 0. The highest BCUT2D eigenvalue weighted by atomic mass is 35.5. The molecule has 132 valence electrons. The first kappa shape index (κ1) is 18.6. The fourth-order valence-corrected chi connectivity index (χ4v) is 3.22. The Morgan fingerprint density at radius 3 is 2.19 bits per heavy atom. The molecule has 2 heterocycles. The maximum atomic E-state index is 5.95. The lowest BCUT2D eigenvalue weighted by atomic mass is 10.3. The van der Waals surface area contributed by atoms with Gasteiger partial charge in [0.25, 0.3) is 0 Å². The third-order valence-electron chi connectivity index (χ3n) is 3.11. The molecule has 3 N–H and O–H groups in total. The van der Waals surface area contributed by atoms with Crippen molar-refractivity contribution in [2.75, 3.05) is 11.1 Å². The highest BCUT2D eigenvalue weighted by Crippen LogP contribution is 2.24. The van der Waals surface area contributed by atoms with Crippen LogP contribution in [-0.2, 0) is 0 Å². The summed E-state index contributed by atoms with van der Waals surface area (Å²) in [4.78, 5) is 11.4. The standard InChI is InChI=1S/C9H5Cl3N4.C7H6N2S/c10-5-3-1-2-4-6(5)13-9-15-7(11)14-8(12)16-9;8-7-5-3-1-2-4-6(5)10-9-7/h1-4H,(H,13,14,15,16);1-4H,(H2,8,9). The Morgan fingerprint density at radius 1 is 0.846 bits per heavy atom. The molecule has 0 atom stereocenters. The number of fused-ring (bicyclic) bond motifs is 1. The van der Waals surface area contributed by atoms with E-state index in [0.717, 1.165) is 10.1 Å². The number of nitrogens with two attached hydrogens (primary N) is 1. The molecular weight excluding hydrogens is 415 g/mol. The van der Waals surface area contributed by atoms with Crippen LogP contribution >= 0.6 is 46.3 Å². The lowest BCUT2D eigenvalue weighted by Gasteiger charge is -2.06. The molecule has 0 aliphatic carbocycles. The second kappa shape index (κ2) is 8.46. The number of benzene rings is 2. The van der Waals surface area contributed by atoms with Gasteiger partial charge in [-0.15, -0.1) is 0 Å². The van der Waals surface area contributed by atoms with Crippen LogP contribution in [0.4, 0.5) is 17.5 Å². The van der Waals surface area contributed by atoms with Crippen LogP contribution in [0, 0.1) is 0 Å². The van der Waals surface area contributed by atoms with E-state index in [4.69, 9.17) is 40.5 Å². The quantitative estimate of drug-likeness (QED) is 0.443. The number of nitrogens with one attached hydrogen (secondary N) is 1. The molecule has 4 aromatic rings. The van der Waals surface area contributed by atoms with Crippen LogP contribution in [0.15, 0.2) is 48.5 Å². The van der Waals surface area contributed by atoms with Gasteiger partial charge in [0.1, 0.15) is 5.82 Å². The second-order valence-corrected chi connectivity index (χ2v) is 6.75. The number of rotatable bonds is 2. The Labute approximate surface area is 168 Å².